The van der Waals surface area contributed by atoms with Gasteiger partial charge in [-0.3, -0.25) is 14.4 Å². The summed E-state index contributed by atoms with van der Waals surface area (Å²) in [5.74, 6) is -0.231. The quantitative estimate of drug-likeness (QED) is 0.506. The number of phenolic OH excluding ortho intramolecular Hbond substituents is 1. The highest BCUT2D eigenvalue weighted by Crippen LogP contribution is 2.26. The Bertz CT molecular complexity index is 934. The van der Waals surface area contributed by atoms with Crippen LogP contribution in [0.3, 0.4) is 0 Å². The largest absolute Gasteiger partial charge is 0.506 e. The summed E-state index contributed by atoms with van der Waals surface area (Å²) in [6.07, 6.45) is 0. The summed E-state index contributed by atoms with van der Waals surface area (Å²) in [6.45, 7) is 1.40. The van der Waals surface area contributed by atoms with Crippen molar-refractivity contribution in [1.82, 2.24) is 0 Å². The number of phenols is 1. The van der Waals surface area contributed by atoms with Crippen molar-refractivity contribution in [3.8, 4) is 5.75 Å². The highest BCUT2D eigenvalue weighted by Gasteiger charge is 2.28. The molecule has 0 spiro atoms. The van der Waals surface area contributed by atoms with Crippen molar-refractivity contribution in [2.24, 2.45) is 0 Å². The summed E-state index contributed by atoms with van der Waals surface area (Å²) in [7, 11) is 0. The minimum absolute atomic E-state index is 0.0641. The van der Waals surface area contributed by atoms with Crippen LogP contribution in [0.5, 0.6) is 5.75 Å². The van der Waals surface area contributed by atoms with Crippen molar-refractivity contribution < 1.29 is 19.5 Å². The number of benzene rings is 3. The minimum atomic E-state index is -0.188. The van der Waals surface area contributed by atoms with Crippen LogP contribution in [0, 0.1) is 0 Å². The first-order chi connectivity index (χ1) is 13.0. The van der Waals surface area contributed by atoms with Crippen molar-refractivity contribution in [3.63, 3.8) is 0 Å². The number of nitrogens with one attached hydrogen (secondary N) is 1. The van der Waals surface area contributed by atoms with Crippen LogP contribution in [0.4, 0.5) is 5.69 Å². The maximum Gasteiger partial charge on any atom is 0.221 e. The fraction of sp³-hybridized carbons (Fsp3) is 0.0455. The highest BCUT2D eigenvalue weighted by molar-refractivity contribution is 6.28. The molecule has 0 atom stereocenters. The van der Waals surface area contributed by atoms with Crippen LogP contribution < -0.4 is 5.32 Å². The molecule has 5 heteroatoms. The average Bonchev–Trinajstić information content (AvgIpc) is 2.68. The second kappa shape index (κ2) is 7.66. The maximum atomic E-state index is 12.1. The van der Waals surface area contributed by atoms with Crippen LogP contribution in [0.2, 0.25) is 0 Å². The number of ketones is 2. The first kappa shape index (κ1) is 18.1. The highest BCUT2D eigenvalue weighted by atomic mass is 16.3. The molecule has 5 nitrogen and oxygen atoms in total. The van der Waals surface area contributed by atoms with E-state index in [2.05, 4.69) is 5.32 Å². The van der Waals surface area contributed by atoms with Gasteiger partial charge in [0.2, 0.25) is 5.91 Å². The predicted molar refractivity (Wildman–Crippen MR) is 102 cm³/mol. The number of carbonyl (C=O) groups excluding carboxylic acids is 3. The lowest BCUT2D eigenvalue weighted by Gasteiger charge is -2.16. The summed E-state index contributed by atoms with van der Waals surface area (Å²) in [5.41, 5.74) is 2.47. The maximum absolute atomic E-state index is 12.1. The van der Waals surface area contributed by atoms with Gasteiger partial charge < -0.3 is 10.4 Å². The molecule has 3 aromatic rings. The van der Waals surface area contributed by atoms with Crippen LogP contribution in [0.15, 0.2) is 72.8 Å². The van der Waals surface area contributed by atoms with Gasteiger partial charge in [-0.15, -0.1) is 0 Å². The standard InChI is InChI=1S/C14H8O2.C8H9NO2/c15-13-9-5-1-2-6-10(9)14(16)12-8-4-3-7-11(12)13;1-6(10)9-7-4-2-3-5-8(7)11/h1-8H;2-5,11H,1H3,(H,9,10). The number of fused-ring (bicyclic) bond motifs is 2. The normalized spacial score (nSPS) is 11.6. The molecule has 2 N–H and O–H groups in total. The molecule has 1 amide bonds. The third kappa shape index (κ3) is 3.77. The second-order valence-electron chi connectivity index (χ2n) is 5.95. The Kier molecular flexibility index (Phi) is 5.13. The van der Waals surface area contributed by atoms with Crippen molar-refractivity contribution in [2.75, 3.05) is 5.32 Å². The lowest BCUT2D eigenvalue weighted by Crippen LogP contribution is -2.20. The predicted octanol–water partition coefficient (Wildman–Crippen LogP) is 3.81. The number of hydrogen-bond acceptors (Lipinski definition) is 4. The molecule has 0 bridgehead atoms. The molecule has 3 aromatic carbocycles. The van der Waals surface area contributed by atoms with Crippen LogP contribution in [0.25, 0.3) is 0 Å². The van der Waals surface area contributed by atoms with Gasteiger partial charge in [-0.25, -0.2) is 0 Å². The molecule has 134 valence electrons. The van der Waals surface area contributed by atoms with Crippen LogP contribution in [-0.4, -0.2) is 22.6 Å². The Morgan fingerprint density at radius 3 is 1.44 bits per heavy atom. The van der Waals surface area contributed by atoms with E-state index in [4.69, 9.17) is 5.11 Å². The summed E-state index contributed by atoms with van der Waals surface area (Å²) in [4.78, 5) is 34.7. The monoisotopic (exact) mass is 359 g/mol. The van der Waals surface area contributed by atoms with Crippen molar-refractivity contribution in [1.29, 1.82) is 0 Å². The Hall–Kier alpha value is -3.73. The molecular weight excluding hydrogens is 342 g/mol. The van der Waals surface area contributed by atoms with E-state index < -0.39 is 0 Å². The average molecular weight is 359 g/mol. The Morgan fingerprint density at radius 2 is 1.07 bits per heavy atom. The molecule has 0 unspecified atom stereocenters. The smallest absolute Gasteiger partial charge is 0.221 e. The number of aromatic hydroxyl groups is 1. The number of amides is 1. The van der Waals surface area contributed by atoms with Gasteiger partial charge in [-0.05, 0) is 12.1 Å². The zero-order valence-electron chi connectivity index (χ0n) is 14.6. The van der Waals surface area contributed by atoms with E-state index in [1.165, 1.54) is 13.0 Å². The number of hydrogen-bond donors (Lipinski definition) is 2. The summed E-state index contributed by atoms with van der Waals surface area (Å²) < 4.78 is 0. The Balaban J connectivity index is 0.000000168. The van der Waals surface area contributed by atoms with Gasteiger partial charge in [0, 0.05) is 29.2 Å². The topological polar surface area (TPSA) is 83.5 Å². The molecular formula is C22H17NO4. The molecule has 0 saturated heterocycles. The van der Waals surface area contributed by atoms with Crippen molar-refractivity contribution >= 4 is 23.2 Å². The van der Waals surface area contributed by atoms with Gasteiger partial charge in [0.25, 0.3) is 0 Å². The fourth-order valence-electron chi connectivity index (χ4n) is 2.82. The van der Waals surface area contributed by atoms with E-state index in [-0.39, 0.29) is 23.2 Å². The summed E-state index contributed by atoms with van der Waals surface area (Å²) in [6, 6.07) is 20.5. The number of anilines is 1. The molecule has 0 aliphatic heterocycles. The van der Waals surface area contributed by atoms with Gasteiger partial charge in [0.05, 0.1) is 5.69 Å². The molecule has 27 heavy (non-hydrogen) atoms. The molecule has 0 radical (unpaired) electrons. The fourth-order valence-corrected chi connectivity index (χ4v) is 2.82. The third-order valence-corrected chi connectivity index (χ3v) is 4.05. The van der Waals surface area contributed by atoms with E-state index in [1.807, 2.05) is 0 Å². The van der Waals surface area contributed by atoms with Crippen LogP contribution >= 0.6 is 0 Å². The van der Waals surface area contributed by atoms with E-state index in [9.17, 15) is 14.4 Å². The van der Waals surface area contributed by atoms with E-state index in [0.717, 1.165) is 0 Å². The zero-order chi connectivity index (χ0) is 19.4. The molecule has 0 heterocycles. The van der Waals surface area contributed by atoms with Gasteiger partial charge in [-0.2, -0.15) is 0 Å². The zero-order valence-corrected chi connectivity index (χ0v) is 14.6. The SMILES string of the molecule is CC(=O)Nc1ccccc1O.O=C1c2ccccc2C(=O)c2ccccc21. The van der Waals surface area contributed by atoms with Crippen LogP contribution in [0.1, 0.15) is 38.8 Å². The molecule has 0 fully saturated rings. The van der Waals surface area contributed by atoms with Gasteiger partial charge >= 0.3 is 0 Å². The van der Waals surface area contributed by atoms with Gasteiger partial charge in [0.1, 0.15) is 5.75 Å². The second-order valence-corrected chi connectivity index (χ2v) is 5.95. The summed E-state index contributed by atoms with van der Waals surface area (Å²) in [5, 5.41) is 11.6. The Labute approximate surface area is 156 Å². The van der Waals surface area contributed by atoms with E-state index >= 15 is 0 Å². The van der Waals surface area contributed by atoms with E-state index in [1.54, 1.807) is 66.7 Å². The molecule has 4 rings (SSSR count). The lowest BCUT2D eigenvalue weighted by molar-refractivity contribution is -0.114. The van der Waals surface area contributed by atoms with Gasteiger partial charge in [0.15, 0.2) is 11.6 Å². The molecule has 1 aliphatic carbocycles. The lowest BCUT2D eigenvalue weighted by atomic mass is 9.84. The number of para-hydroxylation sites is 2. The first-order valence-corrected chi connectivity index (χ1v) is 8.32. The Morgan fingerprint density at radius 1 is 0.704 bits per heavy atom. The first-order valence-electron chi connectivity index (χ1n) is 8.32. The van der Waals surface area contributed by atoms with Crippen molar-refractivity contribution in [2.45, 2.75) is 6.92 Å². The molecule has 0 aromatic heterocycles. The molecule has 0 saturated carbocycles. The summed E-state index contributed by atoms with van der Waals surface area (Å²) >= 11 is 0. The third-order valence-electron chi connectivity index (χ3n) is 4.05. The van der Waals surface area contributed by atoms with Crippen molar-refractivity contribution in [3.05, 3.63) is 95.1 Å². The molecule has 1 aliphatic rings. The number of rotatable bonds is 1. The minimum Gasteiger partial charge on any atom is -0.506 e. The van der Waals surface area contributed by atoms with Crippen LogP contribution in [-0.2, 0) is 4.79 Å². The van der Waals surface area contributed by atoms with Gasteiger partial charge in [-0.1, -0.05) is 60.7 Å². The number of carbonyl (C=O) groups is 3. The van der Waals surface area contributed by atoms with E-state index in [0.29, 0.717) is 27.9 Å².